The van der Waals surface area contributed by atoms with Gasteiger partial charge < -0.3 is 41.2 Å². The number of fused-ring (bicyclic) bond motifs is 5. The molecule has 14 nitrogen and oxygen atoms in total. The highest BCUT2D eigenvalue weighted by Gasteiger charge is 2.46. The molecule has 0 radical (unpaired) electrons. The van der Waals surface area contributed by atoms with Crippen molar-refractivity contribution in [3.05, 3.63) is 61.7 Å². The first kappa shape index (κ1) is 32.2. The Morgan fingerprint density at radius 3 is 2.74 bits per heavy atom. The van der Waals surface area contributed by atoms with Crippen LogP contribution in [0.25, 0.3) is 22.3 Å². The molecule has 3 amide bonds. The number of hydrogen-bond acceptors (Lipinski definition) is 10. The number of cyclic esters (lactones) is 1. The number of aliphatic hydroxyl groups is 1. The van der Waals surface area contributed by atoms with E-state index in [1.54, 1.807) is 19.9 Å². The lowest BCUT2D eigenvalue weighted by molar-refractivity contribution is -0.172. The van der Waals surface area contributed by atoms with Crippen LogP contribution in [0.15, 0.2) is 16.9 Å². The molecule has 3 aliphatic rings. The van der Waals surface area contributed by atoms with Crippen molar-refractivity contribution in [2.24, 2.45) is 11.5 Å². The largest absolute Gasteiger partial charge is 0.458 e. The van der Waals surface area contributed by atoms with Crippen LogP contribution in [0, 0.1) is 12.7 Å². The zero-order valence-corrected chi connectivity index (χ0v) is 25.9. The van der Waals surface area contributed by atoms with Crippen molar-refractivity contribution in [2.45, 2.75) is 76.8 Å². The number of halogens is 1. The van der Waals surface area contributed by atoms with Crippen molar-refractivity contribution in [3.8, 4) is 11.4 Å². The Morgan fingerprint density at radius 2 is 2.02 bits per heavy atom. The molecule has 47 heavy (non-hydrogen) atoms. The number of esters is 1. The number of aromatic nitrogens is 2. The Balaban J connectivity index is 1.31. The fraction of sp³-hybridized carbons (Fsp3) is 0.438. The van der Waals surface area contributed by atoms with Gasteiger partial charge in [0.1, 0.15) is 25.8 Å². The molecule has 0 bridgehead atoms. The molecule has 0 fully saturated rings. The summed E-state index contributed by atoms with van der Waals surface area (Å²) in [4.78, 5) is 67.2. The van der Waals surface area contributed by atoms with Crippen LogP contribution in [-0.4, -0.2) is 57.7 Å². The van der Waals surface area contributed by atoms with E-state index in [2.05, 4.69) is 10.6 Å². The molecule has 2 aromatic heterocycles. The monoisotopic (exact) mass is 650 g/mol. The number of ether oxygens (including phenoxy) is 2. The van der Waals surface area contributed by atoms with E-state index in [4.69, 9.17) is 25.9 Å². The number of amides is 3. The average molecular weight is 651 g/mol. The van der Waals surface area contributed by atoms with Gasteiger partial charge in [-0.25, -0.2) is 14.2 Å². The smallest absolute Gasteiger partial charge is 0.343 e. The number of nitrogens with one attached hydrogen (secondary N) is 2. The van der Waals surface area contributed by atoms with Gasteiger partial charge in [-0.2, -0.15) is 0 Å². The summed E-state index contributed by atoms with van der Waals surface area (Å²) in [6, 6.07) is 1.41. The predicted octanol–water partition coefficient (Wildman–Crippen LogP) is 0.314. The van der Waals surface area contributed by atoms with E-state index in [0.717, 1.165) is 5.56 Å². The van der Waals surface area contributed by atoms with E-state index in [1.807, 2.05) is 0 Å². The summed E-state index contributed by atoms with van der Waals surface area (Å²) in [6.45, 7) is 2.45. The van der Waals surface area contributed by atoms with Crippen LogP contribution in [0.5, 0.6) is 0 Å². The topological polar surface area (TPSA) is 218 Å². The van der Waals surface area contributed by atoms with Crippen LogP contribution in [0.4, 0.5) is 4.39 Å². The van der Waals surface area contributed by atoms with Crippen LogP contribution in [0.2, 0.25) is 0 Å². The molecule has 248 valence electrons. The zero-order chi connectivity index (χ0) is 33.8. The Morgan fingerprint density at radius 1 is 1.26 bits per heavy atom. The third kappa shape index (κ3) is 5.43. The number of pyridine rings is 2. The summed E-state index contributed by atoms with van der Waals surface area (Å²) >= 11 is 0. The molecule has 0 saturated carbocycles. The van der Waals surface area contributed by atoms with Gasteiger partial charge in [-0.05, 0) is 55.4 Å². The summed E-state index contributed by atoms with van der Waals surface area (Å²) in [7, 11) is 0. The van der Waals surface area contributed by atoms with Crippen LogP contribution in [-0.2, 0) is 53.8 Å². The SMILES string of the molecule is CC[C@@]1(O)C(=O)OCc2c1cc1n(c2=O)Cc2c-1nc1cc(F)c(C)c3c1c2[C@@H](NC(=O)COCNC(=O)[C@@H](N)CCC(N)=O)CC3. The minimum Gasteiger partial charge on any atom is -0.458 e. The van der Waals surface area contributed by atoms with E-state index in [-0.39, 0.29) is 50.3 Å². The third-order valence-corrected chi connectivity index (χ3v) is 9.33. The van der Waals surface area contributed by atoms with Gasteiger partial charge in [0, 0.05) is 29.0 Å². The lowest BCUT2D eigenvalue weighted by atomic mass is 9.81. The van der Waals surface area contributed by atoms with Crippen LogP contribution in [0.3, 0.4) is 0 Å². The zero-order valence-electron chi connectivity index (χ0n) is 25.9. The summed E-state index contributed by atoms with van der Waals surface area (Å²) in [6.07, 6.45) is 0.907. The summed E-state index contributed by atoms with van der Waals surface area (Å²) in [5.41, 5.74) is 12.5. The maximum absolute atomic E-state index is 15.1. The summed E-state index contributed by atoms with van der Waals surface area (Å²) < 4.78 is 27.1. The van der Waals surface area contributed by atoms with Gasteiger partial charge in [0.05, 0.1) is 41.1 Å². The first-order chi connectivity index (χ1) is 22.3. The van der Waals surface area contributed by atoms with Crippen LogP contribution >= 0.6 is 0 Å². The molecule has 0 saturated heterocycles. The Bertz CT molecular complexity index is 1930. The number of hydrogen-bond donors (Lipinski definition) is 5. The lowest BCUT2D eigenvalue weighted by Crippen LogP contribution is -2.44. The Kier molecular flexibility index (Phi) is 8.32. The highest BCUT2D eigenvalue weighted by atomic mass is 19.1. The molecule has 4 heterocycles. The molecule has 6 rings (SSSR count). The number of carbonyl (C=O) groups excluding carboxylic acids is 4. The normalized spacial score (nSPS) is 19.8. The molecule has 0 unspecified atom stereocenters. The number of primary amides is 1. The van der Waals surface area contributed by atoms with Crippen molar-refractivity contribution in [1.82, 2.24) is 20.2 Å². The first-order valence-electron chi connectivity index (χ1n) is 15.4. The maximum atomic E-state index is 15.1. The Hall–Kier alpha value is -4.73. The van der Waals surface area contributed by atoms with E-state index in [1.165, 1.54) is 10.6 Å². The molecule has 1 aliphatic carbocycles. The van der Waals surface area contributed by atoms with Crippen molar-refractivity contribution in [2.75, 3.05) is 13.3 Å². The number of rotatable bonds is 10. The quantitative estimate of drug-likeness (QED) is 0.0899. The van der Waals surface area contributed by atoms with Gasteiger partial charge in [0.15, 0.2) is 5.60 Å². The second-order valence-corrected chi connectivity index (χ2v) is 12.1. The minimum atomic E-state index is -2.00. The molecule has 7 N–H and O–H groups in total. The number of benzene rings is 1. The van der Waals surface area contributed by atoms with Crippen LogP contribution < -0.4 is 27.7 Å². The van der Waals surface area contributed by atoms with Crippen molar-refractivity contribution in [3.63, 3.8) is 0 Å². The molecular formula is C32H35FN6O8. The van der Waals surface area contributed by atoms with E-state index >= 15 is 4.39 Å². The van der Waals surface area contributed by atoms with Gasteiger partial charge >= 0.3 is 5.97 Å². The molecule has 15 heteroatoms. The number of nitrogens with two attached hydrogens (primary N) is 2. The van der Waals surface area contributed by atoms with Gasteiger partial charge in [-0.1, -0.05) is 6.92 Å². The molecule has 3 aromatic rings. The fourth-order valence-corrected chi connectivity index (χ4v) is 6.76. The average Bonchev–Trinajstić information content (AvgIpc) is 3.41. The third-order valence-electron chi connectivity index (χ3n) is 9.33. The minimum absolute atomic E-state index is 0.0131. The van der Waals surface area contributed by atoms with E-state index in [9.17, 15) is 29.1 Å². The van der Waals surface area contributed by atoms with Gasteiger partial charge in [0.2, 0.25) is 17.7 Å². The lowest BCUT2D eigenvalue weighted by Gasteiger charge is -2.31. The highest BCUT2D eigenvalue weighted by Crippen LogP contribution is 2.45. The predicted molar refractivity (Wildman–Crippen MR) is 164 cm³/mol. The molecule has 3 atom stereocenters. The van der Waals surface area contributed by atoms with Crippen LogP contribution in [0.1, 0.15) is 72.0 Å². The molecule has 2 aliphatic heterocycles. The van der Waals surface area contributed by atoms with Crippen molar-refractivity contribution < 1.29 is 38.1 Å². The Labute approximate surface area is 267 Å². The van der Waals surface area contributed by atoms with Gasteiger partial charge in [-0.15, -0.1) is 0 Å². The second-order valence-electron chi connectivity index (χ2n) is 12.1. The fourth-order valence-electron chi connectivity index (χ4n) is 6.76. The summed E-state index contributed by atoms with van der Waals surface area (Å²) in [5, 5.41) is 17.4. The number of aryl methyl sites for hydroxylation is 1. The van der Waals surface area contributed by atoms with E-state index in [0.29, 0.717) is 51.8 Å². The molecular weight excluding hydrogens is 615 g/mol. The molecule has 1 aromatic carbocycles. The van der Waals surface area contributed by atoms with Gasteiger partial charge in [0.25, 0.3) is 5.56 Å². The standard InChI is InChI=1S/C32H35FN6O8/c1-3-32(45)18-8-23-28-16(10-39(23)30(43)17(18)11-47-31(32)44)27-21(6-4-15-14(2)19(33)9-22(38-28)26(15)27)37-25(41)12-46-13-36-29(42)20(34)5-7-24(35)40/h8-9,20-21,45H,3-7,10-13,34H2,1-2H3,(H2,35,40)(H,36,42)(H,37,41)/t20-,21-,32-/m0/s1. The highest BCUT2D eigenvalue weighted by molar-refractivity contribution is 5.94. The maximum Gasteiger partial charge on any atom is 0.343 e. The second kappa shape index (κ2) is 12.1. The first-order valence-corrected chi connectivity index (χ1v) is 15.4. The number of nitrogens with zero attached hydrogens (tertiary/aromatic N) is 2. The number of carbonyl (C=O) groups is 4. The van der Waals surface area contributed by atoms with Gasteiger partial charge in [-0.3, -0.25) is 19.2 Å². The van der Waals surface area contributed by atoms with Crippen molar-refractivity contribution >= 4 is 34.6 Å². The summed E-state index contributed by atoms with van der Waals surface area (Å²) in [5.74, 6) is -2.88. The van der Waals surface area contributed by atoms with Crippen molar-refractivity contribution in [1.29, 1.82) is 0 Å². The van der Waals surface area contributed by atoms with E-state index < -0.39 is 59.4 Å². The molecule has 0 spiro atoms.